The zero-order valence-electron chi connectivity index (χ0n) is 15.3. The van der Waals surface area contributed by atoms with Crippen LogP contribution in [0.4, 0.5) is 11.4 Å². The molecule has 3 rings (SSSR count). The monoisotopic (exact) mass is 352 g/mol. The van der Waals surface area contributed by atoms with E-state index >= 15 is 0 Å². The molecule has 1 aliphatic rings. The van der Waals surface area contributed by atoms with E-state index in [1.54, 1.807) is 19.2 Å². The lowest BCUT2D eigenvalue weighted by Crippen LogP contribution is -2.36. The number of para-hydroxylation sites is 3. The molecule has 1 aliphatic carbocycles. The largest absolute Gasteiger partial charge is 0.495 e. The molecule has 2 aromatic carbocycles. The van der Waals surface area contributed by atoms with Crippen LogP contribution in [0.5, 0.6) is 5.75 Å². The van der Waals surface area contributed by atoms with E-state index < -0.39 is 5.41 Å². The molecular weight excluding hydrogens is 328 g/mol. The van der Waals surface area contributed by atoms with Gasteiger partial charge in [0.25, 0.3) is 0 Å². The molecule has 0 spiro atoms. The summed E-state index contributed by atoms with van der Waals surface area (Å²) in [6, 6.07) is 14.9. The SMILES string of the molecule is COc1ccccc1NC(=O)C1(C(=O)Nc2ccccc2C(C)C)CC1. The third-order valence-electron chi connectivity index (χ3n) is 4.81. The Balaban J connectivity index is 1.76. The highest BCUT2D eigenvalue weighted by Gasteiger charge is 2.56. The van der Waals surface area contributed by atoms with Gasteiger partial charge in [0, 0.05) is 5.69 Å². The molecule has 26 heavy (non-hydrogen) atoms. The second kappa shape index (κ2) is 7.20. The lowest BCUT2D eigenvalue weighted by Gasteiger charge is -2.19. The average molecular weight is 352 g/mol. The van der Waals surface area contributed by atoms with Gasteiger partial charge in [-0.05, 0) is 42.5 Å². The maximum absolute atomic E-state index is 12.9. The third kappa shape index (κ3) is 3.43. The fourth-order valence-electron chi connectivity index (χ4n) is 3.03. The maximum Gasteiger partial charge on any atom is 0.240 e. The Morgan fingerprint density at radius 2 is 1.46 bits per heavy atom. The standard InChI is InChI=1S/C21H24N2O3/c1-14(2)15-8-4-5-9-16(15)22-19(24)21(12-13-21)20(25)23-17-10-6-7-11-18(17)26-3/h4-11,14H,12-13H2,1-3H3,(H,22,24)(H,23,25). The summed E-state index contributed by atoms with van der Waals surface area (Å²) in [5, 5.41) is 5.80. The molecule has 0 heterocycles. The predicted molar refractivity (Wildman–Crippen MR) is 102 cm³/mol. The fraction of sp³-hybridized carbons (Fsp3) is 0.333. The number of hydrogen-bond donors (Lipinski definition) is 2. The second-order valence-electron chi connectivity index (χ2n) is 6.93. The second-order valence-corrected chi connectivity index (χ2v) is 6.93. The molecule has 0 atom stereocenters. The first-order chi connectivity index (χ1) is 12.5. The summed E-state index contributed by atoms with van der Waals surface area (Å²) in [5.74, 6) is 0.311. The Labute approximate surface area is 153 Å². The average Bonchev–Trinajstić information content (AvgIpc) is 3.44. The van der Waals surface area contributed by atoms with Crippen LogP contribution in [0.25, 0.3) is 0 Å². The van der Waals surface area contributed by atoms with Crippen LogP contribution < -0.4 is 15.4 Å². The summed E-state index contributed by atoms with van der Waals surface area (Å²) < 4.78 is 5.26. The van der Waals surface area contributed by atoms with Crippen LogP contribution in [0, 0.1) is 5.41 Å². The van der Waals surface area contributed by atoms with Gasteiger partial charge in [0.1, 0.15) is 11.2 Å². The number of carbonyl (C=O) groups excluding carboxylic acids is 2. The Bertz CT molecular complexity index is 826. The first-order valence-corrected chi connectivity index (χ1v) is 8.83. The predicted octanol–water partition coefficient (Wildman–Crippen LogP) is 4.18. The highest BCUT2D eigenvalue weighted by molar-refractivity contribution is 6.17. The zero-order chi connectivity index (χ0) is 18.7. The summed E-state index contributed by atoms with van der Waals surface area (Å²) >= 11 is 0. The van der Waals surface area contributed by atoms with E-state index in [-0.39, 0.29) is 17.7 Å². The van der Waals surface area contributed by atoms with Crippen molar-refractivity contribution in [3.63, 3.8) is 0 Å². The smallest absolute Gasteiger partial charge is 0.240 e. The van der Waals surface area contributed by atoms with Crippen LogP contribution in [0.1, 0.15) is 38.2 Å². The first-order valence-electron chi connectivity index (χ1n) is 8.83. The molecule has 0 aromatic heterocycles. The van der Waals surface area contributed by atoms with Crippen LogP contribution in [0.15, 0.2) is 48.5 Å². The minimum Gasteiger partial charge on any atom is -0.495 e. The number of rotatable bonds is 6. The normalized spacial score (nSPS) is 14.6. The summed E-state index contributed by atoms with van der Waals surface area (Å²) in [6.07, 6.45) is 1.09. The summed E-state index contributed by atoms with van der Waals surface area (Å²) in [5.41, 5.74) is 1.39. The Morgan fingerprint density at radius 3 is 2.04 bits per heavy atom. The zero-order valence-corrected chi connectivity index (χ0v) is 15.3. The number of nitrogens with one attached hydrogen (secondary N) is 2. The number of benzene rings is 2. The van der Waals surface area contributed by atoms with E-state index in [4.69, 9.17) is 4.74 Å². The van der Waals surface area contributed by atoms with Crippen molar-refractivity contribution in [3.8, 4) is 5.75 Å². The van der Waals surface area contributed by atoms with Gasteiger partial charge < -0.3 is 15.4 Å². The van der Waals surface area contributed by atoms with Gasteiger partial charge in [0.2, 0.25) is 11.8 Å². The van der Waals surface area contributed by atoms with Crippen molar-refractivity contribution < 1.29 is 14.3 Å². The van der Waals surface area contributed by atoms with E-state index in [2.05, 4.69) is 24.5 Å². The molecule has 1 fully saturated rings. The van der Waals surface area contributed by atoms with Crippen LogP contribution in [0.2, 0.25) is 0 Å². The van der Waals surface area contributed by atoms with Crippen molar-refractivity contribution >= 4 is 23.2 Å². The number of amides is 2. The number of carbonyl (C=O) groups is 2. The Hall–Kier alpha value is -2.82. The highest BCUT2D eigenvalue weighted by atomic mass is 16.5. The lowest BCUT2D eigenvalue weighted by atomic mass is 9.99. The van der Waals surface area contributed by atoms with Crippen molar-refractivity contribution in [2.75, 3.05) is 17.7 Å². The first kappa shape index (κ1) is 18.0. The third-order valence-corrected chi connectivity index (χ3v) is 4.81. The molecule has 5 heteroatoms. The maximum atomic E-state index is 12.9. The number of ether oxygens (including phenoxy) is 1. The van der Waals surface area contributed by atoms with Gasteiger partial charge in [-0.15, -0.1) is 0 Å². The molecule has 0 bridgehead atoms. The van der Waals surface area contributed by atoms with Crippen molar-refractivity contribution in [1.82, 2.24) is 0 Å². The molecule has 2 N–H and O–H groups in total. The minimum atomic E-state index is -1.01. The van der Waals surface area contributed by atoms with Crippen molar-refractivity contribution in [1.29, 1.82) is 0 Å². The molecule has 0 radical (unpaired) electrons. The Morgan fingerprint density at radius 1 is 0.923 bits per heavy atom. The van der Waals surface area contributed by atoms with Gasteiger partial charge in [-0.1, -0.05) is 44.2 Å². The van der Waals surface area contributed by atoms with Crippen LogP contribution in [0.3, 0.4) is 0 Å². The van der Waals surface area contributed by atoms with E-state index in [0.29, 0.717) is 24.3 Å². The molecule has 136 valence electrons. The topological polar surface area (TPSA) is 67.4 Å². The molecule has 0 aliphatic heterocycles. The quantitative estimate of drug-likeness (QED) is 0.767. The molecule has 2 amide bonds. The summed E-state index contributed by atoms with van der Waals surface area (Å²) in [7, 11) is 1.55. The van der Waals surface area contributed by atoms with E-state index in [1.165, 1.54) is 0 Å². The fourth-order valence-corrected chi connectivity index (χ4v) is 3.03. The van der Waals surface area contributed by atoms with Crippen LogP contribution in [-0.2, 0) is 9.59 Å². The van der Waals surface area contributed by atoms with E-state index in [9.17, 15) is 9.59 Å². The highest BCUT2D eigenvalue weighted by Crippen LogP contribution is 2.48. The van der Waals surface area contributed by atoms with Crippen LogP contribution in [-0.4, -0.2) is 18.9 Å². The van der Waals surface area contributed by atoms with Gasteiger partial charge in [-0.2, -0.15) is 0 Å². The van der Waals surface area contributed by atoms with E-state index in [0.717, 1.165) is 11.3 Å². The minimum absolute atomic E-state index is 0.252. The molecular formula is C21H24N2O3. The lowest BCUT2D eigenvalue weighted by molar-refractivity contribution is -0.131. The van der Waals surface area contributed by atoms with Crippen molar-refractivity contribution in [3.05, 3.63) is 54.1 Å². The van der Waals surface area contributed by atoms with Crippen molar-refractivity contribution in [2.24, 2.45) is 5.41 Å². The van der Waals surface area contributed by atoms with Crippen LogP contribution >= 0.6 is 0 Å². The molecule has 5 nitrogen and oxygen atoms in total. The number of anilines is 2. The van der Waals surface area contributed by atoms with Gasteiger partial charge in [0.15, 0.2) is 0 Å². The molecule has 2 aromatic rings. The number of hydrogen-bond acceptors (Lipinski definition) is 3. The van der Waals surface area contributed by atoms with Gasteiger partial charge in [-0.25, -0.2) is 0 Å². The molecule has 0 saturated heterocycles. The van der Waals surface area contributed by atoms with E-state index in [1.807, 2.05) is 36.4 Å². The summed E-state index contributed by atoms with van der Waals surface area (Å²) in [4.78, 5) is 25.6. The molecule has 0 unspecified atom stereocenters. The summed E-state index contributed by atoms with van der Waals surface area (Å²) in [6.45, 7) is 4.15. The molecule has 1 saturated carbocycles. The van der Waals surface area contributed by atoms with Gasteiger partial charge in [-0.3, -0.25) is 9.59 Å². The van der Waals surface area contributed by atoms with Gasteiger partial charge >= 0.3 is 0 Å². The van der Waals surface area contributed by atoms with Crippen molar-refractivity contribution in [2.45, 2.75) is 32.6 Å². The van der Waals surface area contributed by atoms with Gasteiger partial charge in [0.05, 0.1) is 12.8 Å². The number of methoxy groups -OCH3 is 1. The Kier molecular flexibility index (Phi) is 4.98.